The minimum absolute atomic E-state index is 0.0617. The standard InChI is InChI=1S/C29H32O6/c1-16(2)18-7-10-21(28(32)23(30)13-18)27(20-9-12-25(34-5)26(15-20)35-6)22-11-8-19(17(3)4)14-24(31)29(22)33/h7-17,27H,1-6H3,(H,30,32)(H,31,33). The Morgan fingerprint density at radius 2 is 1.03 bits per heavy atom. The number of rotatable bonds is 7. The smallest absolute Gasteiger partial charge is 0.220 e. The molecule has 0 aliphatic carbocycles. The van der Waals surface area contributed by atoms with Crippen LogP contribution < -0.4 is 20.3 Å². The van der Waals surface area contributed by atoms with Crippen LogP contribution in [0.2, 0.25) is 0 Å². The van der Waals surface area contributed by atoms with Gasteiger partial charge in [0, 0.05) is 17.0 Å². The van der Waals surface area contributed by atoms with Gasteiger partial charge in [0.15, 0.2) is 23.0 Å². The second-order valence-corrected chi connectivity index (χ2v) is 9.15. The van der Waals surface area contributed by atoms with Crippen molar-refractivity contribution < 1.29 is 19.7 Å². The molecule has 6 nitrogen and oxygen atoms in total. The average Bonchev–Trinajstić information content (AvgIpc) is 3.07. The lowest BCUT2D eigenvalue weighted by Gasteiger charge is -2.20. The summed E-state index contributed by atoms with van der Waals surface area (Å²) in [5.41, 5.74) is 1.58. The third-order valence-electron chi connectivity index (χ3n) is 6.22. The zero-order chi connectivity index (χ0) is 25.9. The summed E-state index contributed by atoms with van der Waals surface area (Å²) in [6.45, 7) is 7.82. The summed E-state index contributed by atoms with van der Waals surface area (Å²) >= 11 is 0. The minimum atomic E-state index is -0.838. The molecule has 0 saturated carbocycles. The Kier molecular flexibility index (Phi) is 7.85. The van der Waals surface area contributed by atoms with Crippen LogP contribution in [0.15, 0.2) is 64.2 Å². The number of methoxy groups -OCH3 is 2. The number of aromatic hydroxyl groups is 2. The van der Waals surface area contributed by atoms with Crippen molar-refractivity contribution in [3.63, 3.8) is 0 Å². The first kappa shape index (κ1) is 25.8. The Hall–Kier alpha value is -3.80. The summed E-state index contributed by atoms with van der Waals surface area (Å²) in [6, 6.07) is 14.9. The van der Waals surface area contributed by atoms with Gasteiger partial charge in [-0.3, -0.25) is 9.59 Å². The van der Waals surface area contributed by atoms with Gasteiger partial charge in [-0.05, 0) is 52.8 Å². The van der Waals surface area contributed by atoms with Crippen molar-refractivity contribution in [2.24, 2.45) is 0 Å². The fourth-order valence-electron chi connectivity index (χ4n) is 4.09. The summed E-state index contributed by atoms with van der Waals surface area (Å²) in [5.74, 6) is -0.671. The van der Waals surface area contributed by atoms with Gasteiger partial charge in [-0.1, -0.05) is 58.0 Å². The Morgan fingerprint density at radius 1 is 0.600 bits per heavy atom. The highest BCUT2D eigenvalue weighted by Gasteiger charge is 2.26. The molecule has 3 rings (SSSR count). The van der Waals surface area contributed by atoms with Crippen LogP contribution in [0.25, 0.3) is 0 Å². The molecule has 0 amide bonds. The summed E-state index contributed by atoms with van der Waals surface area (Å²) in [6.07, 6.45) is 0. The van der Waals surface area contributed by atoms with Crippen LogP contribution in [0.3, 0.4) is 0 Å². The van der Waals surface area contributed by atoms with Crippen LogP contribution in [0.5, 0.6) is 23.0 Å². The van der Waals surface area contributed by atoms with Crippen LogP contribution in [-0.4, -0.2) is 24.4 Å². The minimum Gasteiger partial charge on any atom is -0.504 e. The van der Waals surface area contributed by atoms with Crippen molar-refractivity contribution in [3.8, 4) is 23.0 Å². The van der Waals surface area contributed by atoms with E-state index in [1.54, 1.807) is 42.5 Å². The van der Waals surface area contributed by atoms with Gasteiger partial charge in [0.05, 0.1) is 14.2 Å². The van der Waals surface area contributed by atoms with E-state index in [1.165, 1.54) is 26.4 Å². The molecule has 0 fully saturated rings. The molecule has 6 heteroatoms. The Labute approximate surface area is 205 Å². The largest absolute Gasteiger partial charge is 0.504 e. The number of hydrogen-bond donors (Lipinski definition) is 2. The van der Waals surface area contributed by atoms with Crippen molar-refractivity contribution in [3.05, 3.63) is 103 Å². The van der Waals surface area contributed by atoms with Gasteiger partial charge in [-0.15, -0.1) is 0 Å². The Balaban J connectivity index is 2.44. The lowest BCUT2D eigenvalue weighted by atomic mass is 9.85. The van der Waals surface area contributed by atoms with Gasteiger partial charge in [0.1, 0.15) is 0 Å². The van der Waals surface area contributed by atoms with Crippen LogP contribution in [-0.2, 0) is 0 Å². The second-order valence-electron chi connectivity index (χ2n) is 9.15. The van der Waals surface area contributed by atoms with Crippen LogP contribution in [0, 0.1) is 0 Å². The van der Waals surface area contributed by atoms with Gasteiger partial charge in [-0.2, -0.15) is 0 Å². The van der Waals surface area contributed by atoms with E-state index in [1.807, 2.05) is 27.7 Å². The maximum atomic E-state index is 12.9. The second kappa shape index (κ2) is 10.6. The number of ether oxygens (including phenoxy) is 2. The first-order chi connectivity index (χ1) is 16.6. The normalized spacial score (nSPS) is 11.2. The summed E-state index contributed by atoms with van der Waals surface area (Å²) < 4.78 is 10.8. The van der Waals surface area contributed by atoms with Gasteiger partial charge in [0.2, 0.25) is 10.9 Å². The van der Waals surface area contributed by atoms with Gasteiger partial charge < -0.3 is 19.7 Å². The van der Waals surface area contributed by atoms with E-state index < -0.39 is 28.3 Å². The van der Waals surface area contributed by atoms with Crippen LogP contribution >= 0.6 is 0 Å². The molecule has 3 aromatic carbocycles. The SMILES string of the molecule is COc1ccc(C(c2ccc(C(C)C)cc(=O)c2O)c2ccc(C(C)C)cc(=O)c2O)cc1OC. The molecule has 0 bridgehead atoms. The quantitative estimate of drug-likeness (QED) is 0.483. The van der Waals surface area contributed by atoms with E-state index >= 15 is 0 Å². The predicted molar refractivity (Wildman–Crippen MR) is 137 cm³/mol. The fourth-order valence-corrected chi connectivity index (χ4v) is 4.09. The third kappa shape index (κ3) is 5.32. The lowest BCUT2D eigenvalue weighted by molar-refractivity contribution is 0.354. The summed E-state index contributed by atoms with van der Waals surface area (Å²) in [5, 5.41) is 22.0. The monoisotopic (exact) mass is 476 g/mol. The van der Waals surface area contributed by atoms with Crippen molar-refractivity contribution in [1.82, 2.24) is 0 Å². The highest BCUT2D eigenvalue weighted by atomic mass is 16.5. The Bertz CT molecular complexity index is 1270. The molecule has 0 aromatic heterocycles. The molecule has 0 radical (unpaired) electrons. The van der Waals surface area contributed by atoms with Gasteiger partial charge in [0.25, 0.3) is 0 Å². The molecule has 0 atom stereocenters. The predicted octanol–water partition coefficient (Wildman–Crippen LogP) is 5.26. The molecular weight excluding hydrogens is 444 g/mol. The van der Waals surface area contributed by atoms with Crippen molar-refractivity contribution in [1.29, 1.82) is 0 Å². The summed E-state index contributed by atoms with van der Waals surface area (Å²) in [7, 11) is 3.03. The zero-order valence-corrected chi connectivity index (χ0v) is 21.0. The molecule has 184 valence electrons. The highest BCUT2D eigenvalue weighted by molar-refractivity contribution is 5.55. The van der Waals surface area contributed by atoms with Crippen LogP contribution in [0.4, 0.5) is 0 Å². The van der Waals surface area contributed by atoms with Crippen molar-refractivity contribution in [2.45, 2.75) is 45.4 Å². The lowest BCUT2D eigenvalue weighted by Crippen LogP contribution is -2.09. The molecule has 2 N–H and O–H groups in total. The van der Waals surface area contributed by atoms with E-state index in [-0.39, 0.29) is 23.0 Å². The van der Waals surface area contributed by atoms with E-state index in [9.17, 15) is 19.8 Å². The van der Waals surface area contributed by atoms with E-state index in [4.69, 9.17) is 9.47 Å². The maximum absolute atomic E-state index is 12.9. The van der Waals surface area contributed by atoms with Crippen molar-refractivity contribution >= 4 is 0 Å². The zero-order valence-electron chi connectivity index (χ0n) is 21.0. The molecule has 35 heavy (non-hydrogen) atoms. The summed E-state index contributed by atoms with van der Waals surface area (Å²) in [4.78, 5) is 25.8. The number of benzene rings is 1. The highest BCUT2D eigenvalue weighted by Crippen LogP contribution is 2.41. The molecule has 0 heterocycles. The molecule has 0 saturated heterocycles. The first-order valence-electron chi connectivity index (χ1n) is 11.5. The molecule has 0 unspecified atom stereocenters. The van der Waals surface area contributed by atoms with E-state index in [0.29, 0.717) is 17.1 Å². The van der Waals surface area contributed by atoms with E-state index in [0.717, 1.165) is 11.1 Å². The third-order valence-corrected chi connectivity index (χ3v) is 6.22. The van der Waals surface area contributed by atoms with Gasteiger partial charge >= 0.3 is 0 Å². The first-order valence-corrected chi connectivity index (χ1v) is 11.5. The molecule has 0 spiro atoms. The number of hydrogen-bond acceptors (Lipinski definition) is 6. The van der Waals surface area contributed by atoms with Gasteiger partial charge in [-0.25, -0.2) is 0 Å². The molecule has 0 aliphatic heterocycles. The van der Waals surface area contributed by atoms with E-state index in [2.05, 4.69) is 0 Å². The maximum Gasteiger partial charge on any atom is 0.220 e. The molecular formula is C29H32O6. The van der Waals surface area contributed by atoms with Crippen molar-refractivity contribution in [2.75, 3.05) is 14.2 Å². The Morgan fingerprint density at radius 3 is 1.43 bits per heavy atom. The van der Waals surface area contributed by atoms with Crippen LogP contribution in [0.1, 0.15) is 73.3 Å². The molecule has 3 aromatic rings. The average molecular weight is 477 g/mol. The molecule has 0 aliphatic rings. The fraction of sp³-hybridized carbons (Fsp3) is 0.310. The topological polar surface area (TPSA) is 93.1 Å².